The van der Waals surface area contributed by atoms with E-state index in [0.717, 1.165) is 19.3 Å². The maximum absolute atomic E-state index is 13.1. The molecule has 0 unspecified atom stereocenters. The first-order valence-corrected chi connectivity index (χ1v) is 10.9. The summed E-state index contributed by atoms with van der Waals surface area (Å²) in [6.07, 6.45) is 4.44. The topological polar surface area (TPSA) is 94.4 Å². The molecule has 1 aliphatic rings. The van der Waals surface area contributed by atoms with E-state index in [9.17, 15) is 8.42 Å². The second-order valence-electron chi connectivity index (χ2n) is 7.12. The maximum Gasteiger partial charge on any atom is 0.263 e. The van der Waals surface area contributed by atoms with Gasteiger partial charge in [0.2, 0.25) is 10.0 Å². The van der Waals surface area contributed by atoms with Crippen molar-refractivity contribution in [1.29, 1.82) is 0 Å². The lowest BCUT2D eigenvalue weighted by Gasteiger charge is -2.25. The summed E-state index contributed by atoms with van der Waals surface area (Å²) < 4.78 is 40.6. The predicted octanol–water partition coefficient (Wildman–Crippen LogP) is 3.28. The highest BCUT2D eigenvalue weighted by atomic mass is 32.2. The largest absolute Gasteiger partial charge is 0.459 e. The zero-order valence-electron chi connectivity index (χ0n) is 16.3. The van der Waals surface area contributed by atoms with Gasteiger partial charge in [0, 0.05) is 13.1 Å². The van der Waals surface area contributed by atoms with Crippen LogP contribution < -0.4 is 0 Å². The van der Waals surface area contributed by atoms with Crippen molar-refractivity contribution in [2.75, 3.05) is 13.1 Å². The van der Waals surface area contributed by atoms with E-state index in [-0.39, 0.29) is 0 Å². The van der Waals surface area contributed by atoms with E-state index in [0.29, 0.717) is 59.0 Å². The zero-order chi connectivity index (χ0) is 19.9. The Balaban J connectivity index is 1.65. The highest BCUT2D eigenvalue weighted by Gasteiger charge is 2.32. The van der Waals surface area contributed by atoms with E-state index in [2.05, 4.69) is 10.1 Å². The van der Waals surface area contributed by atoms with Crippen molar-refractivity contribution in [3.05, 3.63) is 41.2 Å². The van der Waals surface area contributed by atoms with Crippen LogP contribution in [0.5, 0.6) is 0 Å². The van der Waals surface area contributed by atoms with Crippen molar-refractivity contribution in [2.24, 2.45) is 0 Å². The first kappa shape index (κ1) is 18.9. The summed E-state index contributed by atoms with van der Waals surface area (Å²) in [4.78, 5) is 4.81. The minimum Gasteiger partial charge on any atom is -0.459 e. The first-order valence-electron chi connectivity index (χ1n) is 9.42. The van der Waals surface area contributed by atoms with Crippen molar-refractivity contribution < 1.29 is 17.3 Å². The lowest BCUT2D eigenvalue weighted by atomic mass is 10.2. The zero-order valence-corrected chi connectivity index (χ0v) is 17.1. The van der Waals surface area contributed by atoms with Crippen LogP contribution in [-0.4, -0.2) is 40.6 Å². The van der Waals surface area contributed by atoms with E-state index in [1.165, 1.54) is 0 Å². The molecule has 28 heavy (non-hydrogen) atoms. The molecule has 0 aromatic carbocycles. The van der Waals surface area contributed by atoms with Crippen LogP contribution in [0.4, 0.5) is 0 Å². The van der Waals surface area contributed by atoms with Crippen molar-refractivity contribution in [2.45, 2.75) is 51.5 Å². The molecule has 3 aromatic heterocycles. The monoisotopic (exact) mass is 404 g/mol. The van der Waals surface area contributed by atoms with Crippen molar-refractivity contribution in [3.63, 3.8) is 0 Å². The molecule has 1 aliphatic heterocycles. The van der Waals surface area contributed by atoms with Gasteiger partial charge in [0.05, 0.1) is 24.2 Å². The Kier molecular flexibility index (Phi) is 4.88. The van der Waals surface area contributed by atoms with Crippen molar-refractivity contribution in [1.82, 2.24) is 19.1 Å². The van der Waals surface area contributed by atoms with Gasteiger partial charge in [-0.1, -0.05) is 6.42 Å². The maximum atomic E-state index is 13.1. The SMILES string of the molecule is Cc1nn(Cc2nc(-c3ccco3)oc2C)c(C)c1S(=O)(=O)N1CCCCC1. The summed E-state index contributed by atoms with van der Waals surface area (Å²) in [5, 5.41) is 4.49. The third-order valence-corrected chi connectivity index (χ3v) is 7.30. The molecule has 8 nitrogen and oxygen atoms in total. The van der Waals surface area contributed by atoms with Crippen LogP contribution in [0, 0.1) is 20.8 Å². The lowest BCUT2D eigenvalue weighted by molar-refractivity contribution is 0.346. The molecule has 0 N–H and O–H groups in total. The molecule has 0 saturated carbocycles. The summed E-state index contributed by atoms with van der Waals surface area (Å²) in [5.74, 6) is 1.61. The Labute approximate surface area is 164 Å². The molecule has 4 heterocycles. The number of rotatable bonds is 5. The summed E-state index contributed by atoms with van der Waals surface area (Å²) >= 11 is 0. The van der Waals surface area contributed by atoms with Gasteiger partial charge in [-0.15, -0.1) is 0 Å². The molecule has 0 spiro atoms. The first-order chi connectivity index (χ1) is 13.4. The molecule has 0 aliphatic carbocycles. The predicted molar refractivity (Wildman–Crippen MR) is 102 cm³/mol. The molecule has 150 valence electrons. The Morgan fingerprint density at radius 2 is 1.89 bits per heavy atom. The van der Waals surface area contributed by atoms with Gasteiger partial charge in [-0.3, -0.25) is 4.68 Å². The standard InChI is InChI=1S/C19H24N4O4S/c1-13-18(28(24,25)22-9-5-4-6-10-22)14(2)23(21-13)12-16-15(3)27-19(20-16)17-8-7-11-26-17/h7-8,11H,4-6,9-10,12H2,1-3H3. The highest BCUT2D eigenvalue weighted by molar-refractivity contribution is 7.89. The van der Waals surface area contributed by atoms with Gasteiger partial charge in [-0.2, -0.15) is 9.40 Å². The number of hydrogen-bond acceptors (Lipinski definition) is 6. The van der Waals surface area contributed by atoms with Crippen LogP contribution >= 0.6 is 0 Å². The number of oxazole rings is 1. The van der Waals surface area contributed by atoms with Gasteiger partial charge < -0.3 is 8.83 Å². The van der Waals surface area contributed by atoms with Crippen LogP contribution in [0.3, 0.4) is 0 Å². The number of furan rings is 1. The summed E-state index contributed by atoms with van der Waals surface area (Å²) in [5.41, 5.74) is 1.82. The van der Waals surface area contributed by atoms with Crippen molar-refractivity contribution in [3.8, 4) is 11.7 Å². The number of sulfonamides is 1. The van der Waals surface area contributed by atoms with Gasteiger partial charge >= 0.3 is 0 Å². The number of aromatic nitrogens is 3. The quantitative estimate of drug-likeness (QED) is 0.648. The fourth-order valence-corrected chi connectivity index (χ4v) is 5.55. The van der Waals surface area contributed by atoms with Crippen LogP contribution in [0.1, 0.15) is 42.1 Å². The molecule has 0 amide bonds. The fraction of sp³-hybridized carbons (Fsp3) is 0.474. The van der Waals surface area contributed by atoms with E-state index in [1.807, 2.05) is 6.92 Å². The number of nitrogens with zero attached hydrogens (tertiary/aromatic N) is 4. The Morgan fingerprint density at radius 1 is 1.14 bits per heavy atom. The Hall–Kier alpha value is -2.39. The Morgan fingerprint density at radius 3 is 2.57 bits per heavy atom. The van der Waals surface area contributed by atoms with Gasteiger partial charge in [0.25, 0.3) is 5.89 Å². The molecule has 0 atom stereocenters. The van der Waals surface area contributed by atoms with Crippen LogP contribution in [0.15, 0.2) is 32.1 Å². The second-order valence-corrected chi connectivity index (χ2v) is 9.00. The molecular weight excluding hydrogens is 380 g/mol. The minimum absolute atomic E-state index is 0.307. The minimum atomic E-state index is -3.54. The molecule has 3 aromatic rings. The molecule has 0 bridgehead atoms. The van der Waals surface area contributed by atoms with Crippen LogP contribution in [-0.2, 0) is 16.6 Å². The summed E-state index contributed by atoms with van der Waals surface area (Å²) in [6, 6.07) is 3.55. The van der Waals surface area contributed by atoms with Crippen LogP contribution in [0.2, 0.25) is 0 Å². The fourth-order valence-electron chi connectivity index (χ4n) is 3.66. The van der Waals surface area contributed by atoms with E-state index >= 15 is 0 Å². The molecule has 1 fully saturated rings. The molecule has 1 saturated heterocycles. The normalized spacial score (nSPS) is 16.0. The summed E-state index contributed by atoms with van der Waals surface area (Å²) in [6.45, 7) is 6.83. The third kappa shape index (κ3) is 3.29. The van der Waals surface area contributed by atoms with Gasteiger partial charge in [-0.05, 0) is 45.7 Å². The lowest BCUT2D eigenvalue weighted by Crippen LogP contribution is -2.36. The molecule has 4 rings (SSSR count). The number of aryl methyl sites for hydroxylation is 2. The van der Waals surface area contributed by atoms with E-state index in [4.69, 9.17) is 8.83 Å². The average molecular weight is 404 g/mol. The molecule has 0 radical (unpaired) electrons. The van der Waals surface area contributed by atoms with Gasteiger partial charge in [0.1, 0.15) is 16.3 Å². The highest BCUT2D eigenvalue weighted by Crippen LogP contribution is 2.27. The smallest absolute Gasteiger partial charge is 0.263 e. The number of hydrogen-bond donors (Lipinski definition) is 0. The Bertz CT molecular complexity index is 1070. The summed E-state index contributed by atoms with van der Waals surface area (Å²) in [7, 11) is -3.54. The van der Waals surface area contributed by atoms with E-state index < -0.39 is 10.0 Å². The molecule has 9 heteroatoms. The van der Waals surface area contributed by atoms with Crippen LogP contribution in [0.25, 0.3) is 11.7 Å². The number of piperidine rings is 1. The third-order valence-electron chi connectivity index (χ3n) is 5.15. The van der Waals surface area contributed by atoms with Gasteiger partial charge in [0.15, 0.2) is 5.76 Å². The average Bonchev–Trinajstić information content (AvgIpc) is 3.37. The van der Waals surface area contributed by atoms with Crippen molar-refractivity contribution >= 4 is 10.0 Å². The second kappa shape index (κ2) is 7.21. The molecular formula is C19H24N4O4S. The van der Waals surface area contributed by atoms with E-state index in [1.54, 1.807) is 41.2 Å². The van der Waals surface area contributed by atoms with Gasteiger partial charge in [-0.25, -0.2) is 13.4 Å².